The molecule has 1 aromatic carbocycles. The van der Waals surface area contributed by atoms with Crippen LogP contribution in [0.25, 0.3) is 0 Å². The summed E-state index contributed by atoms with van der Waals surface area (Å²) in [5.41, 5.74) is 1.15. The molecule has 2 N–H and O–H groups in total. The largest absolute Gasteiger partial charge is 0.628 e. The lowest BCUT2D eigenvalue weighted by molar-refractivity contribution is -0.715. The van der Waals surface area contributed by atoms with Gasteiger partial charge in [-0.25, -0.2) is 0 Å². The van der Waals surface area contributed by atoms with Crippen molar-refractivity contribution in [1.82, 2.24) is 0 Å². The van der Waals surface area contributed by atoms with E-state index in [0.717, 1.165) is 31.5 Å². The van der Waals surface area contributed by atoms with Crippen LogP contribution in [0.5, 0.6) is 0 Å². The number of rotatable bonds is 3. The smallest absolute Gasteiger partial charge is 0.131 e. The SMILES string of the molecule is [O-][NH+]([O-])c1ccc(N2CCCCC2CO)cc1. The number of anilines is 1. The molecule has 5 nitrogen and oxygen atoms in total. The Kier molecular flexibility index (Phi) is 3.96. The average molecular weight is 237 g/mol. The first kappa shape index (κ1) is 12.3. The number of nitrogens with zero attached hydrogens (tertiary/aromatic N) is 1. The first-order valence-corrected chi connectivity index (χ1v) is 5.91. The minimum atomic E-state index is -1.16. The summed E-state index contributed by atoms with van der Waals surface area (Å²) in [4.78, 5) is 2.14. The van der Waals surface area contributed by atoms with Crippen LogP contribution in [0.4, 0.5) is 11.4 Å². The Morgan fingerprint density at radius 2 is 1.94 bits per heavy atom. The van der Waals surface area contributed by atoms with Crippen molar-refractivity contribution in [3.63, 3.8) is 0 Å². The van der Waals surface area contributed by atoms with Crippen LogP contribution < -0.4 is 10.1 Å². The summed E-state index contributed by atoms with van der Waals surface area (Å²) in [6.07, 6.45) is 3.23. The molecule has 0 saturated carbocycles. The molecule has 1 saturated heterocycles. The van der Waals surface area contributed by atoms with E-state index in [9.17, 15) is 15.5 Å². The van der Waals surface area contributed by atoms with Crippen LogP contribution >= 0.6 is 0 Å². The molecule has 5 heteroatoms. The van der Waals surface area contributed by atoms with Gasteiger partial charge in [0.15, 0.2) is 0 Å². The summed E-state index contributed by atoms with van der Waals surface area (Å²) in [5.74, 6) is 0. The Hall–Kier alpha value is -1.14. The molecule has 1 aliphatic heterocycles. The van der Waals surface area contributed by atoms with Crippen LogP contribution in [0, 0.1) is 10.4 Å². The molecule has 0 aliphatic carbocycles. The second-order valence-electron chi connectivity index (χ2n) is 4.36. The van der Waals surface area contributed by atoms with Gasteiger partial charge in [-0.3, -0.25) is 0 Å². The predicted molar refractivity (Wildman–Crippen MR) is 65.9 cm³/mol. The van der Waals surface area contributed by atoms with E-state index >= 15 is 0 Å². The van der Waals surface area contributed by atoms with Crippen LogP contribution in [0.3, 0.4) is 0 Å². The molecule has 1 fully saturated rings. The van der Waals surface area contributed by atoms with Gasteiger partial charge in [-0.1, -0.05) is 0 Å². The highest BCUT2D eigenvalue weighted by atomic mass is 16.8. The molecule has 1 aliphatic rings. The van der Waals surface area contributed by atoms with Crippen LogP contribution in [0.1, 0.15) is 19.3 Å². The van der Waals surface area contributed by atoms with Gasteiger partial charge in [0.2, 0.25) is 0 Å². The van der Waals surface area contributed by atoms with Gasteiger partial charge in [0, 0.05) is 24.4 Å². The zero-order chi connectivity index (χ0) is 12.3. The molecule has 0 bridgehead atoms. The number of nitrogens with one attached hydrogen (secondary N) is 1. The van der Waals surface area contributed by atoms with Gasteiger partial charge >= 0.3 is 0 Å². The number of aliphatic hydroxyl groups excluding tert-OH is 1. The monoisotopic (exact) mass is 237 g/mol. The Balaban J connectivity index is 2.15. The lowest BCUT2D eigenvalue weighted by Gasteiger charge is -2.36. The quantitative estimate of drug-likeness (QED) is 0.753. The lowest BCUT2D eigenvalue weighted by Crippen LogP contribution is -2.96. The van der Waals surface area contributed by atoms with Crippen molar-refractivity contribution in [3.8, 4) is 0 Å². The Morgan fingerprint density at radius 3 is 2.53 bits per heavy atom. The van der Waals surface area contributed by atoms with Gasteiger partial charge in [-0.15, -0.1) is 0 Å². The van der Waals surface area contributed by atoms with Crippen molar-refractivity contribution in [2.45, 2.75) is 25.3 Å². The number of aliphatic hydroxyl groups is 1. The van der Waals surface area contributed by atoms with E-state index in [-0.39, 0.29) is 18.3 Å². The number of benzene rings is 1. The second kappa shape index (κ2) is 5.46. The van der Waals surface area contributed by atoms with Gasteiger partial charge in [0.25, 0.3) is 0 Å². The van der Waals surface area contributed by atoms with Crippen LogP contribution in [-0.4, -0.2) is 24.3 Å². The third kappa shape index (κ3) is 2.76. The summed E-state index contributed by atoms with van der Waals surface area (Å²) in [5, 5.41) is 29.4. The highest BCUT2D eigenvalue weighted by Crippen LogP contribution is 2.25. The Bertz CT molecular complexity index is 353. The molecule has 0 spiro atoms. The van der Waals surface area contributed by atoms with Gasteiger partial charge in [-0.05, 0) is 31.4 Å². The topological polar surface area (TPSA) is 74.0 Å². The molecule has 1 atom stereocenters. The molecule has 94 valence electrons. The van der Waals surface area contributed by atoms with E-state index in [4.69, 9.17) is 0 Å². The van der Waals surface area contributed by atoms with Crippen molar-refractivity contribution in [2.24, 2.45) is 0 Å². The van der Waals surface area contributed by atoms with Gasteiger partial charge < -0.3 is 25.6 Å². The van der Waals surface area contributed by atoms with Gasteiger partial charge in [0.1, 0.15) is 5.69 Å². The van der Waals surface area contributed by atoms with E-state index in [2.05, 4.69) is 4.90 Å². The maximum atomic E-state index is 10.6. The van der Waals surface area contributed by atoms with E-state index in [1.807, 2.05) is 0 Å². The molecule has 0 amide bonds. The molecule has 0 radical (unpaired) electrons. The van der Waals surface area contributed by atoms with Crippen molar-refractivity contribution in [1.29, 1.82) is 0 Å². The maximum Gasteiger partial charge on any atom is 0.131 e. The van der Waals surface area contributed by atoms with Crippen LogP contribution in [-0.2, 0) is 0 Å². The third-order valence-electron chi connectivity index (χ3n) is 3.27. The van der Waals surface area contributed by atoms with Crippen molar-refractivity contribution in [2.75, 3.05) is 18.1 Å². The molecule has 1 aromatic rings. The zero-order valence-corrected chi connectivity index (χ0v) is 9.63. The fourth-order valence-corrected chi connectivity index (χ4v) is 2.32. The molecule has 0 aromatic heterocycles. The first-order valence-electron chi connectivity index (χ1n) is 5.91. The maximum absolute atomic E-state index is 10.6. The number of hydrogen-bond acceptors (Lipinski definition) is 4. The van der Waals surface area contributed by atoms with Crippen molar-refractivity contribution < 1.29 is 10.3 Å². The number of quaternary nitrogens is 1. The van der Waals surface area contributed by atoms with Gasteiger partial charge in [-0.2, -0.15) is 0 Å². The van der Waals surface area contributed by atoms with Gasteiger partial charge in [0.05, 0.1) is 12.6 Å². The normalized spacial score (nSPS) is 20.9. The minimum Gasteiger partial charge on any atom is -0.628 e. The summed E-state index contributed by atoms with van der Waals surface area (Å²) in [7, 11) is 0. The molecular weight excluding hydrogens is 220 g/mol. The highest BCUT2D eigenvalue weighted by Gasteiger charge is 2.21. The van der Waals surface area contributed by atoms with E-state index in [0.29, 0.717) is 0 Å². The molecule has 1 heterocycles. The third-order valence-corrected chi connectivity index (χ3v) is 3.27. The first-order chi connectivity index (χ1) is 8.22. The summed E-state index contributed by atoms with van der Waals surface area (Å²) in [6, 6.07) is 6.80. The van der Waals surface area contributed by atoms with Crippen molar-refractivity contribution >= 4 is 11.4 Å². The second-order valence-corrected chi connectivity index (χ2v) is 4.36. The fourth-order valence-electron chi connectivity index (χ4n) is 2.32. The summed E-state index contributed by atoms with van der Waals surface area (Å²) < 4.78 is 0. The van der Waals surface area contributed by atoms with E-state index in [1.54, 1.807) is 24.3 Å². The zero-order valence-electron chi connectivity index (χ0n) is 9.63. The minimum absolute atomic E-state index is 0.141. The van der Waals surface area contributed by atoms with Crippen LogP contribution in [0.2, 0.25) is 0 Å². The van der Waals surface area contributed by atoms with Crippen LogP contribution in [0.15, 0.2) is 24.3 Å². The predicted octanol–water partition coefficient (Wildman–Crippen LogP) is 0.550. The number of piperidine rings is 1. The summed E-state index contributed by atoms with van der Waals surface area (Å²) >= 11 is 0. The van der Waals surface area contributed by atoms with Crippen molar-refractivity contribution in [3.05, 3.63) is 34.7 Å². The fraction of sp³-hybridized carbons (Fsp3) is 0.500. The van der Waals surface area contributed by atoms with E-state index in [1.165, 1.54) is 0 Å². The Labute approximate surface area is 100 Å². The Morgan fingerprint density at radius 1 is 1.24 bits per heavy atom. The molecule has 17 heavy (non-hydrogen) atoms. The standard InChI is InChI=1S/C12H17N2O3/c15-9-12-3-1-2-8-13(12)10-4-6-11(7-5-10)14(16)17/h4-7,12,14-15H,1-3,8-9H2/q-1. The summed E-state index contributed by atoms with van der Waals surface area (Å²) in [6.45, 7) is 1.05. The molecule has 1 unspecified atom stereocenters. The lowest BCUT2D eigenvalue weighted by atomic mass is 10.0. The highest BCUT2D eigenvalue weighted by molar-refractivity contribution is 5.51. The molecular formula is C12H17N2O3-. The average Bonchev–Trinajstić information content (AvgIpc) is 2.39. The van der Waals surface area contributed by atoms with E-state index < -0.39 is 5.23 Å². The number of hydrogen-bond donors (Lipinski definition) is 2. The molecule has 2 rings (SSSR count).